The highest BCUT2D eigenvalue weighted by molar-refractivity contribution is 6.06. The van der Waals surface area contributed by atoms with Gasteiger partial charge in [0, 0.05) is 5.56 Å². The average molecular weight is 446 g/mol. The first-order valence-electron chi connectivity index (χ1n) is 9.97. The summed E-state index contributed by atoms with van der Waals surface area (Å²) in [6.07, 6.45) is 0.743. The van der Waals surface area contributed by atoms with Gasteiger partial charge in [-0.2, -0.15) is 13.2 Å². The molecule has 0 atom stereocenters. The normalized spacial score (nSPS) is 16.6. The number of aliphatic imine (C=N–C) groups is 1. The monoisotopic (exact) mass is 446 g/mol. The second kappa shape index (κ2) is 9.40. The molecule has 0 fully saturated rings. The summed E-state index contributed by atoms with van der Waals surface area (Å²) < 4.78 is 58.8. The number of allylic oxidation sites excluding steroid dienone is 4. The highest BCUT2D eigenvalue weighted by atomic mass is 19.4. The fraction of sp³-hybridized carbons (Fsp3) is 0.333. The van der Waals surface area contributed by atoms with Crippen LogP contribution in [0.2, 0.25) is 0 Å². The summed E-state index contributed by atoms with van der Waals surface area (Å²) in [7, 11) is 2.95. The van der Waals surface area contributed by atoms with Crippen molar-refractivity contribution in [3.8, 4) is 0 Å². The Balaban J connectivity index is 2.30. The smallest absolute Gasteiger partial charge is 0.431 e. The Kier molecular flexibility index (Phi) is 6.84. The fourth-order valence-electron chi connectivity index (χ4n) is 3.49. The van der Waals surface area contributed by atoms with E-state index in [1.165, 1.54) is 21.1 Å². The quantitative estimate of drug-likeness (QED) is 0.340. The highest BCUT2D eigenvalue weighted by Crippen LogP contribution is 2.41. The van der Waals surface area contributed by atoms with Crippen LogP contribution in [-0.4, -0.2) is 39.4 Å². The second-order valence-electron chi connectivity index (χ2n) is 7.25. The summed E-state index contributed by atoms with van der Waals surface area (Å²) in [5, 5.41) is 0. The van der Waals surface area contributed by atoms with Gasteiger partial charge >= 0.3 is 6.18 Å². The van der Waals surface area contributed by atoms with Crippen molar-refractivity contribution < 1.29 is 27.4 Å². The van der Waals surface area contributed by atoms with Gasteiger partial charge in [-0.05, 0) is 50.3 Å². The zero-order chi connectivity index (χ0) is 23.5. The minimum absolute atomic E-state index is 0.0383. The molecule has 0 bridgehead atoms. The Morgan fingerprint density at radius 2 is 1.97 bits per heavy atom. The summed E-state index contributed by atoms with van der Waals surface area (Å²) in [6, 6.07) is 5.15. The van der Waals surface area contributed by atoms with E-state index in [0.29, 0.717) is 17.0 Å². The molecule has 32 heavy (non-hydrogen) atoms. The molecule has 0 aliphatic carbocycles. The third kappa shape index (κ3) is 4.60. The van der Waals surface area contributed by atoms with Gasteiger partial charge in [-0.25, -0.2) is 0 Å². The highest BCUT2D eigenvalue weighted by Gasteiger charge is 2.44. The van der Waals surface area contributed by atoms with Crippen molar-refractivity contribution in [3.05, 3.63) is 76.1 Å². The summed E-state index contributed by atoms with van der Waals surface area (Å²) in [4.78, 5) is 5.48. The van der Waals surface area contributed by atoms with Crippen molar-refractivity contribution in [2.45, 2.75) is 26.9 Å². The summed E-state index contributed by atoms with van der Waals surface area (Å²) in [5.74, 6) is 1.06. The lowest BCUT2D eigenvalue weighted by Crippen LogP contribution is -2.42. The predicted octanol–water partition coefficient (Wildman–Crippen LogP) is 5.66. The zero-order valence-corrected chi connectivity index (χ0v) is 18.6. The molecule has 0 aromatic heterocycles. The molecule has 0 radical (unpaired) electrons. The van der Waals surface area contributed by atoms with E-state index in [-0.39, 0.29) is 36.1 Å². The lowest BCUT2D eigenvalue weighted by molar-refractivity contribution is -0.0932. The van der Waals surface area contributed by atoms with E-state index in [9.17, 15) is 13.2 Å². The van der Waals surface area contributed by atoms with Crippen molar-refractivity contribution in [3.63, 3.8) is 0 Å². The number of rotatable bonds is 4. The molecule has 5 nitrogen and oxygen atoms in total. The minimum Gasteiger partial charge on any atom is -0.492 e. The van der Waals surface area contributed by atoms with Crippen LogP contribution in [0.25, 0.3) is 5.76 Å². The third-order valence-electron chi connectivity index (χ3n) is 4.95. The van der Waals surface area contributed by atoms with E-state index in [4.69, 9.17) is 14.2 Å². The Labute approximate surface area is 185 Å². The van der Waals surface area contributed by atoms with Crippen LogP contribution in [0.3, 0.4) is 0 Å². The summed E-state index contributed by atoms with van der Waals surface area (Å²) in [6.45, 7) is 4.97. The van der Waals surface area contributed by atoms with Gasteiger partial charge in [-0.1, -0.05) is 23.8 Å². The number of alkyl halides is 3. The SMILES string of the molecule is C/C=C\C=C(\OC)C(=C=C1OCC2=NCC(C)=C(C(F)(F)F)N2c2ccc(C)cc21)OC. The van der Waals surface area contributed by atoms with Crippen LogP contribution in [0.1, 0.15) is 25.0 Å². The Hall–Kier alpha value is -3.38. The molecule has 2 heterocycles. The predicted molar refractivity (Wildman–Crippen MR) is 118 cm³/mol. The first-order chi connectivity index (χ1) is 15.2. The van der Waals surface area contributed by atoms with E-state index in [0.717, 1.165) is 10.5 Å². The molecule has 1 aromatic carbocycles. The molecule has 2 aliphatic heterocycles. The van der Waals surface area contributed by atoms with E-state index in [1.54, 1.807) is 30.4 Å². The van der Waals surface area contributed by atoms with Crippen LogP contribution < -0.4 is 4.90 Å². The summed E-state index contributed by atoms with van der Waals surface area (Å²) in [5.41, 5.74) is 4.07. The van der Waals surface area contributed by atoms with E-state index in [1.807, 2.05) is 19.9 Å². The number of halogens is 3. The number of amidine groups is 1. The molecule has 2 aliphatic rings. The van der Waals surface area contributed by atoms with Crippen molar-refractivity contribution >= 4 is 17.3 Å². The number of anilines is 1. The number of benzene rings is 1. The van der Waals surface area contributed by atoms with Crippen molar-refractivity contribution in [1.29, 1.82) is 0 Å². The van der Waals surface area contributed by atoms with Gasteiger partial charge in [0.2, 0.25) is 5.76 Å². The van der Waals surface area contributed by atoms with Gasteiger partial charge in [0.05, 0.1) is 26.5 Å². The first-order valence-corrected chi connectivity index (χ1v) is 9.97. The maximum absolute atomic E-state index is 14.0. The Bertz CT molecular complexity index is 1090. The van der Waals surface area contributed by atoms with E-state index >= 15 is 0 Å². The van der Waals surface area contributed by atoms with Crippen LogP contribution in [0.15, 0.2) is 69.9 Å². The van der Waals surface area contributed by atoms with E-state index < -0.39 is 11.9 Å². The second-order valence-corrected chi connectivity index (χ2v) is 7.25. The van der Waals surface area contributed by atoms with Crippen LogP contribution in [0.5, 0.6) is 0 Å². The molecule has 170 valence electrons. The number of hydrogen-bond donors (Lipinski definition) is 0. The summed E-state index contributed by atoms with van der Waals surface area (Å²) >= 11 is 0. The van der Waals surface area contributed by atoms with Gasteiger partial charge in [0.1, 0.15) is 18.1 Å². The van der Waals surface area contributed by atoms with Crippen molar-refractivity contribution in [2.24, 2.45) is 4.99 Å². The third-order valence-corrected chi connectivity index (χ3v) is 4.95. The number of methoxy groups -OCH3 is 2. The fourth-order valence-corrected chi connectivity index (χ4v) is 3.49. The molecule has 3 rings (SSSR count). The van der Waals surface area contributed by atoms with Crippen molar-refractivity contribution in [1.82, 2.24) is 0 Å². The minimum atomic E-state index is -4.55. The van der Waals surface area contributed by atoms with Gasteiger partial charge in [-0.15, -0.1) is 0 Å². The molecule has 0 amide bonds. The first kappa shape index (κ1) is 23.3. The van der Waals surface area contributed by atoms with Crippen LogP contribution in [-0.2, 0) is 14.2 Å². The Morgan fingerprint density at radius 3 is 2.59 bits per heavy atom. The topological polar surface area (TPSA) is 43.3 Å². The molecule has 1 aromatic rings. The number of nitrogens with zero attached hydrogens (tertiary/aromatic N) is 2. The molecule has 0 saturated carbocycles. The lowest BCUT2D eigenvalue weighted by Gasteiger charge is -2.33. The zero-order valence-electron chi connectivity index (χ0n) is 18.6. The molecule has 0 unspecified atom stereocenters. The Morgan fingerprint density at radius 1 is 1.22 bits per heavy atom. The number of ether oxygens (including phenoxy) is 3. The van der Waals surface area contributed by atoms with Gasteiger partial charge in [-0.3, -0.25) is 9.89 Å². The number of hydrogen-bond acceptors (Lipinski definition) is 5. The van der Waals surface area contributed by atoms with Gasteiger partial charge < -0.3 is 14.2 Å². The average Bonchev–Trinajstić information content (AvgIpc) is 2.89. The molecule has 0 saturated heterocycles. The number of aryl methyl sites for hydroxylation is 1. The van der Waals surface area contributed by atoms with Crippen LogP contribution in [0, 0.1) is 6.92 Å². The largest absolute Gasteiger partial charge is 0.492 e. The maximum Gasteiger partial charge on any atom is 0.431 e. The van der Waals surface area contributed by atoms with Crippen LogP contribution >= 0.6 is 0 Å². The van der Waals surface area contributed by atoms with Crippen LogP contribution in [0.4, 0.5) is 18.9 Å². The molecule has 0 N–H and O–H groups in total. The van der Waals surface area contributed by atoms with Crippen molar-refractivity contribution in [2.75, 3.05) is 32.3 Å². The molecule has 0 spiro atoms. The number of fused-ring (bicyclic) bond motifs is 3. The van der Waals surface area contributed by atoms with Gasteiger partial charge in [0.25, 0.3) is 0 Å². The maximum atomic E-state index is 14.0. The molecular formula is C24H25F3N2O3. The standard InChI is InChI=1S/C24H25F3N2O3/c1-6-7-8-19(30-4)21(31-5)12-20-17-11-15(2)9-10-18(17)29-22(14-32-20)28-13-16(3)23(29)24(25,26)27/h6-11H,13-14H2,1-5H3/b7-6-,19-8+. The van der Waals surface area contributed by atoms with Gasteiger partial charge in [0.15, 0.2) is 11.5 Å². The molecular weight excluding hydrogens is 421 g/mol. The molecule has 8 heteroatoms. The lowest BCUT2D eigenvalue weighted by atomic mass is 10.0. The van der Waals surface area contributed by atoms with E-state index in [2.05, 4.69) is 10.7 Å².